The van der Waals surface area contributed by atoms with E-state index >= 15 is 0 Å². The molecule has 1 atom stereocenters. The van der Waals surface area contributed by atoms with Crippen LogP contribution in [0.5, 0.6) is 5.88 Å². The maximum atomic E-state index is 13.2. The summed E-state index contributed by atoms with van der Waals surface area (Å²) in [5, 5.41) is 20.2. The van der Waals surface area contributed by atoms with Crippen LogP contribution >= 0.6 is 0 Å². The summed E-state index contributed by atoms with van der Waals surface area (Å²) in [6.07, 6.45) is 6.65. The first-order valence-electron chi connectivity index (χ1n) is 11.8. The van der Waals surface area contributed by atoms with Crippen LogP contribution in [0.3, 0.4) is 0 Å². The lowest BCUT2D eigenvalue weighted by Crippen LogP contribution is -2.25. The van der Waals surface area contributed by atoms with Gasteiger partial charge in [-0.25, -0.2) is 14.5 Å². The zero-order valence-corrected chi connectivity index (χ0v) is 21.1. The van der Waals surface area contributed by atoms with E-state index in [2.05, 4.69) is 25.7 Å². The van der Waals surface area contributed by atoms with Gasteiger partial charge < -0.3 is 15.7 Å². The minimum atomic E-state index is -3.94. The molecule has 0 aliphatic heterocycles. The Bertz CT molecular complexity index is 1580. The maximum Gasteiger partial charge on any atom is 0.297 e. The molecule has 0 spiro atoms. The molecule has 0 saturated heterocycles. The number of benzene rings is 1. The van der Waals surface area contributed by atoms with Crippen LogP contribution in [0.15, 0.2) is 59.9 Å². The van der Waals surface area contributed by atoms with Gasteiger partial charge in [0.2, 0.25) is 5.88 Å². The molecule has 4 aromatic rings. The van der Waals surface area contributed by atoms with Crippen molar-refractivity contribution in [2.24, 2.45) is 0 Å². The Hall–Kier alpha value is -4.03. The van der Waals surface area contributed by atoms with Gasteiger partial charge in [0.1, 0.15) is 11.4 Å². The smallest absolute Gasteiger partial charge is 0.297 e. The standard InChI is InChI=1S/C25H26N6O5S/c1-15-8-9-18(37(34,35)36-17-5-3-6-17)13-21(15)29-25(33)20-14-27-31-12-10-22(30-23(20)31)28-16(2)19-7-4-11-26-24(19)32/h4,7-14,16-17H,3,5-6H2,1-2H3,(H,26,32)(H,28,30)(H,29,33)/t16-/m1/s1. The third kappa shape index (κ3) is 5.11. The maximum absolute atomic E-state index is 13.2. The fourth-order valence-corrected chi connectivity index (χ4v) is 5.10. The van der Waals surface area contributed by atoms with Gasteiger partial charge in [0, 0.05) is 23.6 Å². The molecule has 0 unspecified atom stereocenters. The van der Waals surface area contributed by atoms with E-state index < -0.39 is 16.0 Å². The zero-order valence-electron chi connectivity index (χ0n) is 20.2. The minimum Gasteiger partial charge on any atom is -0.493 e. The van der Waals surface area contributed by atoms with Gasteiger partial charge in [0.15, 0.2) is 5.65 Å². The number of hydrogen-bond acceptors (Lipinski definition) is 9. The number of amides is 1. The molecular weight excluding hydrogens is 496 g/mol. The van der Waals surface area contributed by atoms with E-state index in [1.807, 2.05) is 6.92 Å². The van der Waals surface area contributed by atoms with Gasteiger partial charge in [-0.3, -0.25) is 8.98 Å². The molecule has 37 heavy (non-hydrogen) atoms. The summed E-state index contributed by atoms with van der Waals surface area (Å²) >= 11 is 0. The summed E-state index contributed by atoms with van der Waals surface area (Å²) in [7, 11) is -3.94. The third-order valence-electron chi connectivity index (χ3n) is 6.32. The number of aromatic nitrogens is 4. The summed E-state index contributed by atoms with van der Waals surface area (Å²) in [5.41, 5.74) is 2.14. The van der Waals surface area contributed by atoms with E-state index in [-0.39, 0.29) is 28.5 Å². The number of nitrogens with zero attached hydrogens (tertiary/aromatic N) is 4. The van der Waals surface area contributed by atoms with Crippen LogP contribution in [-0.4, -0.2) is 45.1 Å². The Morgan fingerprint density at radius 2 is 2.05 bits per heavy atom. The lowest BCUT2D eigenvalue weighted by atomic mass is 9.97. The Morgan fingerprint density at radius 1 is 1.24 bits per heavy atom. The van der Waals surface area contributed by atoms with E-state index in [4.69, 9.17) is 4.18 Å². The van der Waals surface area contributed by atoms with Crippen molar-refractivity contribution in [1.29, 1.82) is 0 Å². The van der Waals surface area contributed by atoms with Crippen molar-refractivity contribution in [3.05, 3.63) is 71.7 Å². The molecule has 1 fully saturated rings. The highest BCUT2D eigenvalue weighted by Gasteiger charge is 2.27. The van der Waals surface area contributed by atoms with Crippen LogP contribution in [0.1, 0.15) is 53.7 Å². The number of aromatic hydroxyl groups is 1. The van der Waals surface area contributed by atoms with Gasteiger partial charge in [-0.05, 0) is 62.9 Å². The average Bonchev–Trinajstić information content (AvgIpc) is 3.26. The predicted molar refractivity (Wildman–Crippen MR) is 136 cm³/mol. The van der Waals surface area contributed by atoms with E-state index in [0.717, 1.165) is 19.3 Å². The Morgan fingerprint density at radius 3 is 2.78 bits per heavy atom. The Kier molecular flexibility index (Phi) is 6.52. The molecule has 1 aliphatic carbocycles. The first-order valence-corrected chi connectivity index (χ1v) is 13.2. The fraction of sp³-hybridized carbons (Fsp3) is 0.280. The number of carbonyl (C=O) groups excluding carboxylic acids is 1. The molecule has 0 bridgehead atoms. The quantitative estimate of drug-likeness (QED) is 0.294. The molecule has 11 nitrogen and oxygen atoms in total. The van der Waals surface area contributed by atoms with Crippen molar-refractivity contribution < 1.29 is 22.5 Å². The van der Waals surface area contributed by atoms with Gasteiger partial charge in [0.05, 0.1) is 23.2 Å². The monoisotopic (exact) mass is 522 g/mol. The van der Waals surface area contributed by atoms with Gasteiger partial charge >= 0.3 is 0 Å². The SMILES string of the molecule is Cc1ccc(S(=O)(=O)OC2CCC2)cc1NC(=O)c1cnn2ccc(N[C@H](C)c3cccnc3O)nc12. The van der Waals surface area contributed by atoms with E-state index in [9.17, 15) is 18.3 Å². The number of pyridine rings is 1. The van der Waals surface area contributed by atoms with E-state index in [1.165, 1.54) is 29.0 Å². The second kappa shape index (κ2) is 9.79. The van der Waals surface area contributed by atoms with Gasteiger partial charge in [-0.1, -0.05) is 12.1 Å². The lowest BCUT2D eigenvalue weighted by Gasteiger charge is -2.24. The first kappa shape index (κ1) is 24.7. The molecular formula is C25H26N6O5S. The number of hydrogen-bond donors (Lipinski definition) is 3. The topological polar surface area (TPSA) is 148 Å². The number of nitrogens with one attached hydrogen (secondary N) is 2. The zero-order chi connectivity index (χ0) is 26.2. The summed E-state index contributed by atoms with van der Waals surface area (Å²) in [6, 6.07) is 9.36. The Labute approximate surface area is 213 Å². The van der Waals surface area contributed by atoms with Crippen LogP contribution in [0.2, 0.25) is 0 Å². The number of anilines is 2. The highest BCUT2D eigenvalue weighted by molar-refractivity contribution is 7.86. The third-order valence-corrected chi connectivity index (χ3v) is 7.68. The van der Waals surface area contributed by atoms with Gasteiger partial charge in [-0.2, -0.15) is 13.5 Å². The largest absolute Gasteiger partial charge is 0.493 e. The molecule has 1 saturated carbocycles. The highest BCUT2D eigenvalue weighted by atomic mass is 32.2. The molecule has 192 valence electrons. The lowest BCUT2D eigenvalue weighted by molar-refractivity contribution is 0.102. The summed E-state index contributed by atoms with van der Waals surface area (Å²) < 4.78 is 32.1. The number of rotatable bonds is 8. The number of aryl methyl sites for hydroxylation is 1. The molecule has 3 N–H and O–H groups in total. The van der Waals surface area contributed by atoms with Gasteiger partial charge in [0.25, 0.3) is 16.0 Å². The van der Waals surface area contributed by atoms with Crippen molar-refractivity contribution in [2.75, 3.05) is 10.6 Å². The summed E-state index contributed by atoms with van der Waals surface area (Å²) in [5.74, 6) is -0.101. The molecule has 1 aromatic carbocycles. The Balaban J connectivity index is 1.37. The van der Waals surface area contributed by atoms with Crippen molar-refractivity contribution in [1.82, 2.24) is 19.6 Å². The first-order chi connectivity index (χ1) is 17.7. The number of carbonyl (C=O) groups is 1. The van der Waals surface area contributed by atoms with Crippen LogP contribution < -0.4 is 10.6 Å². The molecule has 0 radical (unpaired) electrons. The van der Waals surface area contributed by atoms with Crippen molar-refractivity contribution in [3.63, 3.8) is 0 Å². The normalized spacial score (nSPS) is 14.8. The number of fused-ring (bicyclic) bond motifs is 1. The van der Waals surface area contributed by atoms with Crippen LogP contribution in [0.4, 0.5) is 11.5 Å². The highest BCUT2D eigenvalue weighted by Crippen LogP contribution is 2.29. The van der Waals surface area contributed by atoms with Crippen molar-refractivity contribution in [2.45, 2.75) is 50.2 Å². The van der Waals surface area contributed by atoms with Crippen LogP contribution in [-0.2, 0) is 14.3 Å². The molecule has 5 rings (SSSR count). The average molecular weight is 523 g/mol. The summed E-state index contributed by atoms with van der Waals surface area (Å²) in [6.45, 7) is 3.62. The summed E-state index contributed by atoms with van der Waals surface area (Å²) in [4.78, 5) is 21.6. The van der Waals surface area contributed by atoms with Crippen LogP contribution in [0, 0.1) is 6.92 Å². The van der Waals surface area contributed by atoms with Gasteiger partial charge in [-0.15, -0.1) is 0 Å². The molecule has 12 heteroatoms. The van der Waals surface area contributed by atoms with Crippen molar-refractivity contribution >= 4 is 33.2 Å². The second-order valence-electron chi connectivity index (χ2n) is 8.96. The fourth-order valence-electron chi connectivity index (χ4n) is 3.94. The second-order valence-corrected chi connectivity index (χ2v) is 10.5. The molecule has 3 heterocycles. The van der Waals surface area contributed by atoms with E-state index in [1.54, 1.807) is 37.4 Å². The van der Waals surface area contributed by atoms with E-state index in [0.29, 0.717) is 28.3 Å². The molecule has 1 amide bonds. The predicted octanol–water partition coefficient (Wildman–Crippen LogP) is 3.82. The van der Waals surface area contributed by atoms with Crippen molar-refractivity contribution in [3.8, 4) is 5.88 Å². The molecule has 3 aromatic heterocycles. The molecule has 1 aliphatic rings. The minimum absolute atomic E-state index is 0.0163. The van der Waals surface area contributed by atoms with Crippen LogP contribution in [0.25, 0.3) is 5.65 Å².